The fourth-order valence-electron chi connectivity index (χ4n) is 1.95. The van der Waals surface area contributed by atoms with Crippen LogP contribution in [0.1, 0.15) is 12.0 Å². The van der Waals surface area contributed by atoms with Gasteiger partial charge in [0, 0.05) is 24.1 Å². The van der Waals surface area contributed by atoms with Crippen molar-refractivity contribution in [2.75, 3.05) is 0 Å². The molecule has 0 spiro atoms. The number of benzene rings is 1. The Labute approximate surface area is 94.4 Å². The third-order valence-electron chi connectivity index (χ3n) is 2.79. The maximum atomic E-state index is 10.2. The molecule has 0 radical (unpaired) electrons. The number of nitrogens with zero attached hydrogens (tertiary/aromatic N) is 2. The van der Waals surface area contributed by atoms with Crippen LogP contribution in [-0.4, -0.2) is 4.57 Å². The lowest BCUT2D eigenvalue weighted by Gasteiger charge is -1.97. The van der Waals surface area contributed by atoms with E-state index in [2.05, 4.69) is 34.7 Å². The van der Waals surface area contributed by atoms with Gasteiger partial charge in [0.25, 0.3) is 0 Å². The minimum absolute atomic E-state index is 0.410. The number of hydrogen-bond donors (Lipinski definition) is 0. The zero-order valence-corrected chi connectivity index (χ0v) is 9.31. The number of aryl methyl sites for hydroxylation is 2. The monoisotopic (exact) mass is 214 g/mol. The molecule has 1 aromatic carbocycles. The van der Waals surface area contributed by atoms with Crippen LogP contribution in [0, 0.1) is 4.91 Å². The quantitative estimate of drug-likeness (QED) is 0.718. The van der Waals surface area contributed by atoms with Gasteiger partial charge in [-0.15, -0.1) is 4.91 Å². The van der Waals surface area contributed by atoms with E-state index >= 15 is 0 Å². The van der Waals surface area contributed by atoms with Gasteiger partial charge in [-0.3, -0.25) is 0 Å². The molecular formula is C13H14N2O. The zero-order valence-electron chi connectivity index (χ0n) is 9.31. The third-order valence-corrected chi connectivity index (χ3v) is 2.79. The van der Waals surface area contributed by atoms with E-state index in [1.165, 1.54) is 16.5 Å². The predicted molar refractivity (Wildman–Crippen MR) is 66.2 cm³/mol. The maximum Gasteiger partial charge on any atom is 0.0780 e. The lowest BCUT2D eigenvalue weighted by molar-refractivity contribution is 0.908. The van der Waals surface area contributed by atoms with E-state index in [1.54, 1.807) is 0 Å². The van der Waals surface area contributed by atoms with Crippen LogP contribution in [0.4, 0.5) is 0 Å². The van der Waals surface area contributed by atoms with Gasteiger partial charge in [-0.2, -0.15) is 0 Å². The topological polar surface area (TPSA) is 34.4 Å². The van der Waals surface area contributed by atoms with Crippen molar-refractivity contribution >= 4 is 10.9 Å². The van der Waals surface area contributed by atoms with Crippen molar-refractivity contribution in [3.05, 3.63) is 53.2 Å². The lowest BCUT2D eigenvalue weighted by Crippen LogP contribution is -1.85. The first-order chi connectivity index (χ1) is 7.72. The third kappa shape index (κ3) is 1.89. The van der Waals surface area contributed by atoms with Crippen molar-refractivity contribution < 1.29 is 0 Å². The molecule has 2 rings (SSSR count). The van der Waals surface area contributed by atoms with Crippen LogP contribution >= 0.6 is 0 Å². The Morgan fingerprint density at radius 1 is 1.44 bits per heavy atom. The first kappa shape index (κ1) is 10.6. The van der Waals surface area contributed by atoms with E-state index < -0.39 is 0 Å². The second-order valence-corrected chi connectivity index (χ2v) is 3.94. The first-order valence-electron chi connectivity index (χ1n) is 5.26. The fraction of sp³-hybridized carbons (Fsp3) is 0.231. The largest absolute Gasteiger partial charge is 0.350 e. The Morgan fingerprint density at radius 2 is 2.19 bits per heavy atom. The van der Waals surface area contributed by atoms with Crippen molar-refractivity contribution in [3.63, 3.8) is 0 Å². The Morgan fingerprint density at radius 3 is 2.94 bits per heavy atom. The summed E-state index contributed by atoms with van der Waals surface area (Å²) < 4.78 is 2.10. The maximum absolute atomic E-state index is 10.2. The van der Waals surface area contributed by atoms with E-state index in [-0.39, 0.29) is 0 Å². The molecule has 0 atom stereocenters. The fourth-order valence-corrected chi connectivity index (χ4v) is 1.95. The summed E-state index contributed by atoms with van der Waals surface area (Å²) in [6.07, 6.45) is 3.53. The predicted octanol–water partition coefficient (Wildman–Crippen LogP) is 3.39. The number of nitroso groups, excluding NO2 is 1. The van der Waals surface area contributed by atoms with Gasteiger partial charge in [-0.05, 0) is 29.6 Å². The zero-order chi connectivity index (χ0) is 11.5. The summed E-state index contributed by atoms with van der Waals surface area (Å²) >= 11 is 0. The van der Waals surface area contributed by atoms with Gasteiger partial charge in [0.05, 0.1) is 5.70 Å². The molecule has 82 valence electrons. The van der Waals surface area contributed by atoms with Crippen LogP contribution in [0.5, 0.6) is 0 Å². The molecule has 0 aliphatic heterocycles. The highest BCUT2D eigenvalue weighted by Gasteiger charge is 2.06. The summed E-state index contributed by atoms with van der Waals surface area (Å²) in [4.78, 5) is 10.2. The highest BCUT2D eigenvalue weighted by atomic mass is 16.3. The number of hydrogen-bond acceptors (Lipinski definition) is 2. The number of aromatic nitrogens is 1. The van der Waals surface area contributed by atoms with E-state index in [0.717, 1.165) is 6.42 Å². The highest BCUT2D eigenvalue weighted by Crippen LogP contribution is 2.22. The smallest absolute Gasteiger partial charge is 0.0780 e. The van der Waals surface area contributed by atoms with Gasteiger partial charge < -0.3 is 4.57 Å². The van der Waals surface area contributed by atoms with Crippen LogP contribution in [-0.2, 0) is 13.5 Å². The summed E-state index contributed by atoms with van der Waals surface area (Å²) in [5, 5.41) is 4.08. The van der Waals surface area contributed by atoms with Gasteiger partial charge in [0.2, 0.25) is 0 Å². The van der Waals surface area contributed by atoms with Crippen LogP contribution in [0.3, 0.4) is 0 Å². The summed E-state index contributed by atoms with van der Waals surface area (Å²) in [6, 6.07) is 8.24. The van der Waals surface area contributed by atoms with Gasteiger partial charge in [0.15, 0.2) is 0 Å². The molecule has 0 unspecified atom stereocenters. The molecule has 0 N–H and O–H groups in total. The van der Waals surface area contributed by atoms with Crippen LogP contribution in [0.25, 0.3) is 10.9 Å². The first-order valence-corrected chi connectivity index (χ1v) is 5.26. The molecule has 0 bridgehead atoms. The molecule has 0 aliphatic carbocycles. The van der Waals surface area contributed by atoms with Crippen molar-refractivity contribution in [2.24, 2.45) is 12.2 Å². The van der Waals surface area contributed by atoms with Crippen molar-refractivity contribution in [2.45, 2.75) is 12.8 Å². The Balaban J connectivity index is 2.31. The number of rotatable bonds is 4. The Bertz CT molecular complexity index is 540. The van der Waals surface area contributed by atoms with E-state index in [0.29, 0.717) is 12.1 Å². The average molecular weight is 214 g/mol. The second kappa shape index (κ2) is 4.31. The molecule has 0 saturated heterocycles. The van der Waals surface area contributed by atoms with Gasteiger partial charge in [-0.1, -0.05) is 24.8 Å². The van der Waals surface area contributed by atoms with Gasteiger partial charge in [0.1, 0.15) is 0 Å². The molecular weight excluding hydrogens is 200 g/mol. The van der Waals surface area contributed by atoms with E-state index in [4.69, 9.17) is 0 Å². The lowest BCUT2D eigenvalue weighted by atomic mass is 10.1. The average Bonchev–Trinajstić information content (AvgIpc) is 2.64. The minimum Gasteiger partial charge on any atom is -0.350 e. The molecule has 1 heterocycles. The molecule has 0 fully saturated rings. The number of allylic oxidation sites excluding steroid dienone is 1. The standard InChI is InChI=1S/C13H14N2O/c1-10(14-16)7-8-11-9-15(2)13-6-4-3-5-12(11)13/h3-6,9H,1,7-8H2,2H3. The summed E-state index contributed by atoms with van der Waals surface area (Å²) in [6.45, 7) is 3.59. The summed E-state index contributed by atoms with van der Waals surface area (Å²) in [5.41, 5.74) is 2.86. The summed E-state index contributed by atoms with van der Waals surface area (Å²) in [5.74, 6) is 0. The van der Waals surface area contributed by atoms with Crippen molar-refractivity contribution in [3.8, 4) is 0 Å². The highest BCUT2D eigenvalue weighted by molar-refractivity contribution is 5.83. The molecule has 0 amide bonds. The van der Waals surface area contributed by atoms with Crippen LogP contribution in [0.2, 0.25) is 0 Å². The normalized spacial score (nSPS) is 10.6. The SMILES string of the molecule is C=C(CCc1cn(C)c2ccccc12)N=O. The number of fused-ring (bicyclic) bond motifs is 1. The summed E-state index contributed by atoms with van der Waals surface area (Å²) in [7, 11) is 2.03. The second-order valence-electron chi connectivity index (χ2n) is 3.94. The van der Waals surface area contributed by atoms with Crippen LogP contribution in [0.15, 0.2) is 47.9 Å². The molecule has 0 saturated carbocycles. The number of para-hydroxylation sites is 1. The Kier molecular flexibility index (Phi) is 2.86. The van der Waals surface area contributed by atoms with Crippen LogP contribution < -0.4 is 0 Å². The van der Waals surface area contributed by atoms with Crippen molar-refractivity contribution in [1.82, 2.24) is 4.57 Å². The Hall–Kier alpha value is -1.90. The molecule has 16 heavy (non-hydrogen) atoms. The van der Waals surface area contributed by atoms with Gasteiger partial charge >= 0.3 is 0 Å². The van der Waals surface area contributed by atoms with E-state index in [9.17, 15) is 4.91 Å². The molecule has 0 aliphatic rings. The van der Waals surface area contributed by atoms with E-state index in [1.807, 2.05) is 19.2 Å². The minimum atomic E-state index is 0.410. The molecule has 3 nitrogen and oxygen atoms in total. The van der Waals surface area contributed by atoms with Gasteiger partial charge in [-0.25, -0.2) is 0 Å². The molecule has 1 aromatic heterocycles. The molecule has 3 heteroatoms. The van der Waals surface area contributed by atoms with Crippen molar-refractivity contribution in [1.29, 1.82) is 0 Å². The molecule has 2 aromatic rings.